The molecule has 1 aromatic heterocycles. The number of amides is 1. The van der Waals surface area contributed by atoms with Crippen molar-refractivity contribution < 1.29 is 9.53 Å². The summed E-state index contributed by atoms with van der Waals surface area (Å²) in [4.78, 5) is 14.1. The summed E-state index contributed by atoms with van der Waals surface area (Å²) in [5.41, 5.74) is 3.44. The number of carbonyl (C=O) groups is 1. The number of halogens is 1. The summed E-state index contributed by atoms with van der Waals surface area (Å²) in [6, 6.07) is 7.00. The van der Waals surface area contributed by atoms with E-state index >= 15 is 0 Å². The molecule has 22 heavy (non-hydrogen) atoms. The number of nitrogens with zero attached hydrogens (tertiary/aromatic N) is 3. The lowest BCUT2D eigenvalue weighted by molar-refractivity contribution is -0.134. The summed E-state index contributed by atoms with van der Waals surface area (Å²) in [6.45, 7) is 3.35. The van der Waals surface area contributed by atoms with Gasteiger partial charge in [-0.05, 0) is 43.2 Å². The Morgan fingerprint density at radius 2 is 2.09 bits per heavy atom. The second kappa shape index (κ2) is 6.01. The van der Waals surface area contributed by atoms with Gasteiger partial charge in [0.15, 0.2) is 6.61 Å². The van der Waals surface area contributed by atoms with Crippen LogP contribution in [0, 0.1) is 6.92 Å². The van der Waals surface area contributed by atoms with Crippen LogP contribution in [0.1, 0.15) is 17.0 Å². The predicted molar refractivity (Wildman–Crippen MR) is 84.0 cm³/mol. The first-order valence-electron chi connectivity index (χ1n) is 7.22. The van der Waals surface area contributed by atoms with E-state index in [-0.39, 0.29) is 12.5 Å². The number of ether oxygens (including phenoxy) is 1. The number of hydrogen-bond donors (Lipinski definition) is 0. The maximum absolute atomic E-state index is 12.3. The van der Waals surface area contributed by atoms with Crippen LogP contribution < -0.4 is 4.74 Å². The highest BCUT2D eigenvalue weighted by Gasteiger charge is 2.25. The van der Waals surface area contributed by atoms with Gasteiger partial charge in [0.25, 0.3) is 5.91 Å². The standard InChI is InChI=1S/C16H18ClN3O2/c1-11-14-7-8-20(9-15(14)19(2)18-11)16(21)10-22-13-5-3-12(17)4-6-13/h3-6H,7-10H2,1-2H3. The summed E-state index contributed by atoms with van der Waals surface area (Å²) in [7, 11) is 1.92. The minimum atomic E-state index is -0.0144. The Morgan fingerprint density at radius 1 is 1.36 bits per heavy atom. The Balaban J connectivity index is 1.62. The zero-order chi connectivity index (χ0) is 15.7. The Morgan fingerprint density at radius 3 is 2.82 bits per heavy atom. The van der Waals surface area contributed by atoms with Gasteiger partial charge in [-0.1, -0.05) is 11.6 Å². The Labute approximate surface area is 134 Å². The number of fused-ring (bicyclic) bond motifs is 1. The average Bonchev–Trinajstić information content (AvgIpc) is 2.81. The number of carbonyl (C=O) groups excluding carboxylic acids is 1. The van der Waals surface area contributed by atoms with Gasteiger partial charge in [-0.2, -0.15) is 5.10 Å². The molecule has 0 bridgehead atoms. The summed E-state index contributed by atoms with van der Waals surface area (Å²) in [5.74, 6) is 0.631. The molecule has 1 aliphatic rings. The van der Waals surface area contributed by atoms with Crippen molar-refractivity contribution in [2.45, 2.75) is 19.9 Å². The maximum atomic E-state index is 12.3. The third kappa shape index (κ3) is 2.95. The van der Waals surface area contributed by atoms with Gasteiger partial charge in [-0.15, -0.1) is 0 Å². The fourth-order valence-electron chi connectivity index (χ4n) is 2.76. The van der Waals surface area contributed by atoms with Crippen molar-refractivity contribution in [2.24, 2.45) is 7.05 Å². The molecule has 0 radical (unpaired) electrons. The number of aryl methyl sites for hydroxylation is 2. The molecule has 2 heterocycles. The second-order valence-electron chi connectivity index (χ2n) is 5.44. The fraction of sp³-hybridized carbons (Fsp3) is 0.375. The van der Waals surface area contributed by atoms with E-state index < -0.39 is 0 Å². The van der Waals surface area contributed by atoms with Crippen molar-refractivity contribution in [2.75, 3.05) is 13.2 Å². The fourth-order valence-corrected chi connectivity index (χ4v) is 2.89. The molecule has 2 aromatic rings. The molecule has 0 N–H and O–H groups in total. The van der Waals surface area contributed by atoms with Crippen LogP contribution >= 0.6 is 11.6 Å². The van der Waals surface area contributed by atoms with Gasteiger partial charge in [-0.25, -0.2) is 0 Å². The number of hydrogen-bond acceptors (Lipinski definition) is 3. The van der Waals surface area contributed by atoms with E-state index in [2.05, 4.69) is 5.10 Å². The molecule has 1 amide bonds. The van der Waals surface area contributed by atoms with Crippen LogP contribution in [0.4, 0.5) is 0 Å². The molecule has 116 valence electrons. The normalized spacial score (nSPS) is 13.9. The summed E-state index contributed by atoms with van der Waals surface area (Å²) >= 11 is 5.82. The highest BCUT2D eigenvalue weighted by Crippen LogP contribution is 2.22. The molecule has 6 heteroatoms. The van der Waals surface area contributed by atoms with Gasteiger partial charge < -0.3 is 9.64 Å². The van der Waals surface area contributed by atoms with Gasteiger partial charge in [-0.3, -0.25) is 9.48 Å². The van der Waals surface area contributed by atoms with Crippen LogP contribution in [0.25, 0.3) is 0 Å². The third-order valence-electron chi connectivity index (χ3n) is 3.98. The van der Waals surface area contributed by atoms with Crippen molar-refractivity contribution in [3.8, 4) is 5.75 Å². The van der Waals surface area contributed by atoms with E-state index in [0.29, 0.717) is 23.9 Å². The minimum Gasteiger partial charge on any atom is -0.484 e. The lowest BCUT2D eigenvalue weighted by Crippen LogP contribution is -2.39. The molecule has 0 unspecified atom stereocenters. The van der Waals surface area contributed by atoms with Crippen molar-refractivity contribution in [1.82, 2.24) is 14.7 Å². The molecule has 5 nitrogen and oxygen atoms in total. The predicted octanol–water partition coefficient (Wildman–Crippen LogP) is 2.35. The molecule has 1 aromatic carbocycles. The van der Waals surface area contributed by atoms with Crippen LogP contribution in [0.15, 0.2) is 24.3 Å². The summed E-state index contributed by atoms with van der Waals surface area (Å²) in [5, 5.41) is 5.07. The lowest BCUT2D eigenvalue weighted by Gasteiger charge is -2.27. The monoisotopic (exact) mass is 319 g/mol. The van der Waals surface area contributed by atoms with Crippen LogP contribution in [0.5, 0.6) is 5.75 Å². The summed E-state index contributed by atoms with van der Waals surface area (Å²) in [6.07, 6.45) is 0.849. The molecular formula is C16H18ClN3O2. The molecule has 0 aliphatic carbocycles. The van der Waals surface area contributed by atoms with E-state index in [9.17, 15) is 4.79 Å². The van der Waals surface area contributed by atoms with Crippen molar-refractivity contribution in [1.29, 1.82) is 0 Å². The first-order chi connectivity index (χ1) is 10.5. The molecule has 0 spiro atoms. The van der Waals surface area contributed by atoms with E-state index in [1.807, 2.05) is 23.6 Å². The average molecular weight is 320 g/mol. The van der Waals surface area contributed by atoms with Crippen LogP contribution in [0.2, 0.25) is 5.02 Å². The molecule has 0 saturated heterocycles. The zero-order valence-electron chi connectivity index (χ0n) is 12.7. The lowest BCUT2D eigenvalue weighted by atomic mass is 10.0. The largest absolute Gasteiger partial charge is 0.484 e. The zero-order valence-corrected chi connectivity index (χ0v) is 13.4. The smallest absolute Gasteiger partial charge is 0.260 e. The molecule has 0 atom stereocenters. The highest BCUT2D eigenvalue weighted by molar-refractivity contribution is 6.30. The highest BCUT2D eigenvalue weighted by atomic mass is 35.5. The van der Waals surface area contributed by atoms with E-state index in [4.69, 9.17) is 16.3 Å². The molecule has 1 aliphatic heterocycles. The Bertz CT molecular complexity index is 694. The molecule has 0 fully saturated rings. The number of aromatic nitrogens is 2. The van der Waals surface area contributed by atoms with Crippen LogP contribution in [-0.2, 0) is 24.8 Å². The molecule has 3 rings (SSSR count). The van der Waals surface area contributed by atoms with Crippen molar-refractivity contribution in [3.05, 3.63) is 46.2 Å². The van der Waals surface area contributed by atoms with Gasteiger partial charge in [0.05, 0.1) is 17.9 Å². The van der Waals surface area contributed by atoms with E-state index in [0.717, 1.165) is 17.8 Å². The van der Waals surface area contributed by atoms with Gasteiger partial charge in [0.2, 0.25) is 0 Å². The van der Waals surface area contributed by atoms with Crippen molar-refractivity contribution in [3.63, 3.8) is 0 Å². The maximum Gasteiger partial charge on any atom is 0.260 e. The quantitative estimate of drug-likeness (QED) is 0.872. The molecular weight excluding hydrogens is 302 g/mol. The number of rotatable bonds is 3. The summed E-state index contributed by atoms with van der Waals surface area (Å²) < 4.78 is 7.39. The topological polar surface area (TPSA) is 47.4 Å². The second-order valence-corrected chi connectivity index (χ2v) is 5.88. The minimum absolute atomic E-state index is 0.0144. The molecule has 0 saturated carbocycles. The third-order valence-corrected chi connectivity index (χ3v) is 4.23. The Hall–Kier alpha value is -2.01. The van der Waals surface area contributed by atoms with Gasteiger partial charge in [0, 0.05) is 18.6 Å². The van der Waals surface area contributed by atoms with Crippen LogP contribution in [0.3, 0.4) is 0 Å². The van der Waals surface area contributed by atoms with Crippen molar-refractivity contribution >= 4 is 17.5 Å². The van der Waals surface area contributed by atoms with Crippen LogP contribution in [-0.4, -0.2) is 33.7 Å². The first-order valence-corrected chi connectivity index (χ1v) is 7.60. The van der Waals surface area contributed by atoms with Gasteiger partial charge in [0.1, 0.15) is 5.75 Å². The SMILES string of the molecule is Cc1nn(C)c2c1CCN(C(=O)COc1ccc(Cl)cc1)C2. The Kier molecular flexibility index (Phi) is 4.07. The number of benzene rings is 1. The van der Waals surface area contributed by atoms with E-state index in [1.165, 1.54) is 5.56 Å². The first kappa shape index (κ1) is 14.9. The van der Waals surface area contributed by atoms with E-state index in [1.54, 1.807) is 24.3 Å². The van der Waals surface area contributed by atoms with Gasteiger partial charge >= 0.3 is 0 Å².